The van der Waals surface area contributed by atoms with Gasteiger partial charge in [-0.25, -0.2) is 8.78 Å². The van der Waals surface area contributed by atoms with E-state index in [0.29, 0.717) is 9.13 Å². The molecule has 3 aromatic carbocycles. The molecule has 0 aliphatic heterocycles. The van der Waals surface area contributed by atoms with Crippen LogP contribution in [0.3, 0.4) is 0 Å². The highest BCUT2D eigenvalue weighted by atomic mass is 127. The lowest BCUT2D eigenvalue weighted by molar-refractivity contribution is -0.117. The Labute approximate surface area is 181 Å². The van der Waals surface area contributed by atoms with Crippen LogP contribution in [0.2, 0.25) is 0 Å². The average molecular weight is 505 g/mol. The molecule has 0 unspecified atom stereocenters. The molecular weight excluding hydrogens is 487 g/mol. The van der Waals surface area contributed by atoms with Crippen LogP contribution in [-0.4, -0.2) is 11.7 Å². The van der Waals surface area contributed by atoms with Gasteiger partial charge in [-0.15, -0.1) is 0 Å². The van der Waals surface area contributed by atoms with Gasteiger partial charge in [0.2, 0.25) is 0 Å². The SMILES string of the molecule is Cc1cccc(CC(=O)Cc2ccc(F)c(NC(=O)c3cc(I)ccc3F)c2)c1. The van der Waals surface area contributed by atoms with E-state index in [0.717, 1.165) is 11.1 Å². The molecule has 3 aromatic rings. The fourth-order valence-corrected chi connectivity index (χ4v) is 3.47. The van der Waals surface area contributed by atoms with Gasteiger partial charge in [0.25, 0.3) is 5.91 Å². The van der Waals surface area contributed by atoms with E-state index in [1.165, 1.54) is 36.4 Å². The van der Waals surface area contributed by atoms with E-state index in [2.05, 4.69) is 5.32 Å². The molecule has 1 amide bonds. The zero-order valence-corrected chi connectivity index (χ0v) is 17.8. The summed E-state index contributed by atoms with van der Waals surface area (Å²) in [6.07, 6.45) is 0.378. The van der Waals surface area contributed by atoms with Crippen molar-refractivity contribution in [1.29, 1.82) is 0 Å². The smallest absolute Gasteiger partial charge is 0.258 e. The number of rotatable bonds is 6. The fraction of sp³-hybridized carbons (Fsp3) is 0.130. The number of carbonyl (C=O) groups excluding carboxylic acids is 2. The van der Waals surface area contributed by atoms with Crippen molar-refractivity contribution in [2.24, 2.45) is 0 Å². The first-order chi connectivity index (χ1) is 13.8. The molecule has 3 rings (SSSR count). The van der Waals surface area contributed by atoms with Crippen molar-refractivity contribution >= 4 is 40.0 Å². The number of aryl methyl sites for hydroxylation is 1. The quantitative estimate of drug-likeness (QED) is 0.451. The van der Waals surface area contributed by atoms with Crippen LogP contribution in [0.15, 0.2) is 60.7 Å². The Morgan fingerprint density at radius 3 is 2.31 bits per heavy atom. The van der Waals surface area contributed by atoms with E-state index in [-0.39, 0.29) is 29.9 Å². The Morgan fingerprint density at radius 1 is 0.897 bits per heavy atom. The molecule has 29 heavy (non-hydrogen) atoms. The lowest BCUT2D eigenvalue weighted by Crippen LogP contribution is -2.15. The summed E-state index contributed by atoms with van der Waals surface area (Å²) in [5.74, 6) is -2.11. The molecule has 0 saturated heterocycles. The zero-order chi connectivity index (χ0) is 21.0. The third-order valence-electron chi connectivity index (χ3n) is 4.34. The molecule has 0 fully saturated rings. The van der Waals surface area contributed by atoms with Gasteiger partial charge in [-0.3, -0.25) is 9.59 Å². The number of amides is 1. The van der Waals surface area contributed by atoms with Gasteiger partial charge < -0.3 is 5.32 Å². The molecule has 6 heteroatoms. The summed E-state index contributed by atoms with van der Waals surface area (Å²) in [4.78, 5) is 24.7. The van der Waals surface area contributed by atoms with Crippen LogP contribution in [0.4, 0.5) is 14.5 Å². The molecule has 0 aromatic heterocycles. The number of Topliss-reactive ketones (excluding diaryl/α,β-unsaturated/α-hetero) is 1. The molecule has 0 atom stereocenters. The topological polar surface area (TPSA) is 46.2 Å². The maximum atomic E-state index is 14.2. The van der Waals surface area contributed by atoms with Gasteiger partial charge in [0.1, 0.15) is 17.4 Å². The number of hydrogen-bond donors (Lipinski definition) is 1. The summed E-state index contributed by atoms with van der Waals surface area (Å²) < 4.78 is 28.8. The number of benzene rings is 3. The van der Waals surface area contributed by atoms with E-state index < -0.39 is 17.5 Å². The minimum atomic E-state index is -0.747. The molecule has 0 aliphatic rings. The van der Waals surface area contributed by atoms with Crippen LogP contribution < -0.4 is 5.32 Å². The van der Waals surface area contributed by atoms with Crippen LogP contribution in [0.1, 0.15) is 27.0 Å². The highest BCUT2D eigenvalue weighted by Gasteiger charge is 2.15. The monoisotopic (exact) mass is 505 g/mol. The Bertz CT molecular complexity index is 1080. The van der Waals surface area contributed by atoms with Crippen molar-refractivity contribution in [3.63, 3.8) is 0 Å². The number of nitrogens with one attached hydrogen (secondary N) is 1. The fourth-order valence-electron chi connectivity index (χ4n) is 2.98. The summed E-state index contributed by atoms with van der Waals surface area (Å²) in [6, 6.07) is 15.9. The molecule has 0 radical (unpaired) electrons. The predicted octanol–water partition coefficient (Wildman–Crippen LogP) is 5.48. The van der Waals surface area contributed by atoms with Crippen LogP contribution >= 0.6 is 22.6 Å². The van der Waals surface area contributed by atoms with Gasteiger partial charge in [0.15, 0.2) is 0 Å². The normalized spacial score (nSPS) is 10.6. The Morgan fingerprint density at radius 2 is 1.59 bits per heavy atom. The number of anilines is 1. The zero-order valence-electron chi connectivity index (χ0n) is 15.6. The third kappa shape index (κ3) is 5.69. The minimum Gasteiger partial charge on any atom is -0.319 e. The predicted molar refractivity (Wildman–Crippen MR) is 117 cm³/mol. The van der Waals surface area contributed by atoms with Crippen LogP contribution in [0.5, 0.6) is 0 Å². The van der Waals surface area contributed by atoms with Crippen molar-refractivity contribution in [1.82, 2.24) is 0 Å². The average Bonchev–Trinajstić information content (AvgIpc) is 2.66. The second kappa shape index (κ2) is 9.26. The molecule has 0 aliphatic carbocycles. The Kier molecular flexibility index (Phi) is 6.74. The molecule has 0 spiro atoms. The standard InChI is InChI=1S/C23H18F2INO2/c1-14-3-2-4-15(9-14)10-18(28)11-16-5-7-21(25)22(12-16)27-23(29)19-13-17(26)6-8-20(19)24/h2-9,12-13H,10-11H2,1H3,(H,27,29). The van der Waals surface area contributed by atoms with Crippen LogP contribution in [0.25, 0.3) is 0 Å². The number of hydrogen-bond acceptors (Lipinski definition) is 2. The van der Waals surface area contributed by atoms with Crippen LogP contribution in [0, 0.1) is 22.1 Å². The third-order valence-corrected chi connectivity index (χ3v) is 5.01. The van der Waals surface area contributed by atoms with Gasteiger partial charge in [-0.2, -0.15) is 0 Å². The molecule has 0 saturated carbocycles. The summed E-state index contributed by atoms with van der Waals surface area (Å²) in [7, 11) is 0. The molecule has 3 nitrogen and oxygen atoms in total. The van der Waals surface area contributed by atoms with Gasteiger partial charge in [0.05, 0.1) is 11.3 Å². The first-order valence-electron chi connectivity index (χ1n) is 8.94. The van der Waals surface area contributed by atoms with E-state index in [4.69, 9.17) is 0 Å². The van der Waals surface area contributed by atoms with Crippen LogP contribution in [-0.2, 0) is 17.6 Å². The lowest BCUT2D eigenvalue weighted by atomic mass is 10.0. The van der Waals surface area contributed by atoms with Crippen molar-refractivity contribution in [2.45, 2.75) is 19.8 Å². The largest absolute Gasteiger partial charge is 0.319 e. The molecular formula is C23H18F2INO2. The summed E-state index contributed by atoms with van der Waals surface area (Å²) >= 11 is 1.96. The minimum absolute atomic E-state index is 0.0249. The summed E-state index contributed by atoms with van der Waals surface area (Å²) in [5, 5.41) is 2.40. The Hall–Kier alpha value is -2.61. The van der Waals surface area contributed by atoms with E-state index in [1.54, 1.807) is 0 Å². The second-order valence-electron chi connectivity index (χ2n) is 6.77. The summed E-state index contributed by atoms with van der Waals surface area (Å²) in [5.41, 5.74) is 2.30. The number of ketones is 1. The van der Waals surface area contributed by atoms with E-state index in [1.807, 2.05) is 53.8 Å². The maximum absolute atomic E-state index is 14.2. The maximum Gasteiger partial charge on any atom is 0.258 e. The van der Waals surface area contributed by atoms with E-state index >= 15 is 0 Å². The highest BCUT2D eigenvalue weighted by Crippen LogP contribution is 2.20. The van der Waals surface area contributed by atoms with Crippen molar-refractivity contribution in [3.05, 3.63) is 98.1 Å². The first kappa shape index (κ1) is 21.1. The summed E-state index contributed by atoms with van der Waals surface area (Å²) in [6.45, 7) is 1.96. The second-order valence-corrected chi connectivity index (χ2v) is 8.02. The number of halogens is 3. The molecule has 0 bridgehead atoms. The van der Waals surface area contributed by atoms with Gasteiger partial charge >= 0.3 is 0 Å². The lowest BCUT2D eigenvalue weighted by Gasteiger charge is -2.10. The highest BCUT2D eigenvalue weighted by molar-refractivity contribution is 14.1. The van der Waals surface area contributed by atoms with Gasteiger partial charge in [-0.1, -0.05) is 35.9 Å². The van der Waals surface area contributed by atoms with E-state index in [9.17, 15) is 18.4 Å². The first-order valence-corrected chi connectivity index (χ1v) is 10.0. The van der Waals surface area contributed by atoms with Gasteiger partial charge in [0, 0.05) is 16.4 Å². The van der Waals surface area contributed by atoms with Gasteiger partial charge in [-0.05, 0) is 71.0 Å². The molecule has 1 N–H and O–H groups in total. The van der Waals surface area contributed by atoms with Crippen molar-refractivity contribution in [3.8, 4) is 0 Å². The van der Waals surface area contributed by atoms with Crippen molar-refractivity contribution < 1.29 is 18.4 Å². The van der Waals surface area contributed by atoms with Crippen molar-refractivity contribution in [2.75, 3.05) is 5.32 Å². The molecule has 148 valence electrons. The molecule has 0 heterocycles. The number of carbonyl (C=O) groups is 2. The Balaban J connectivity index is 1.73.